The van der Waals surface area contributed by atoms with Gasteiger partial charge in [0.25, 0.3) is 5.91 Å². The van der Waals surface area contributed by atoms with E-state index in [1.807, 2.05) is 0 Å². The van der Waals surface area contributed by atoms with Crippen LogP contribution in [0.2, 0.25) is 0 Å². The number of primary amides is 1. The highest BCUT2D eigenvalue weighted by Crippen LogP contribution is 2.30. The van der Waals surface area contributed by atoms with Crippen LogP contribution in [0.5, 0.6) is 0 Å². The zero-order valence-electron chi connectivity index (χ0n) is 16.0. The van der Waals surface area contributed by atoms with Gasteiger partial charge in [-0.3, -0.25) is 9.59 Å². The van der Waals surface area contributed by atoms with Crippen molar-refractivity contribution in [2.45, 2.75) is 19.4 Å². The molecule has 0 fully saturated rings. The highest BCUT2D eigenvalue weighted by molar-refractivity contribution is 6.01. The molecule has 2 heterocycles. The third-order valence-corrected chi connectivity index (χ3v) is 4.47. The molecule has 0 aliphatic rings. The van der Waals surface area contributed by atoms with Gasteiger partial charge in [0.05, 0.1) is 10.9 Å². The lowest BCUT2D eigenvalue weighted by Gasteiger charge is -2.22. The van der Waals surface area contributed by atoms with Gasteiger partial charge in [-0.2, -0.15) is 4.98 Å². The van der Waals surface area contributed by atoms with Crippen molar-refractivity contribution in [3.63, 3.8) is 0 Å². The molecule has 9 nitrogen and oxygen atoms in total. The summed E-state index contributed by atoms with van der Waals surface area (Å²) in [6.07, 6.45) is 0. The molecule has 2 amide bonds. The molecule has 0 bridgehead atoms. The Morgan fingerprint density at radius 2 is 1.80 bits per heavy atom. The van der Waals surface area contributed by atoms with E-state index in [4.69, 9.17) is 14.8 Å². The number of amides is 2. The molecule has 0 aliphatic heterocycles. The predicted octanol–water partition coefficient (Wildman–Crippen LogP) is 2.78. The summed E-state index contributed by atoms with van der Waals surface area (Å²) in [6.45, 7) is 3.31. The van der Waals surface area contributed by atoms with Gasteiger partial charge >= 0.3 is 11.8 Å². The summed E-state index contributed by atoms with van der Waals surface area (Å²) in [5.41, 5.74) is 5.59. The quantitative estimate of drug-likeness (QED) is 0.517. The topological polar surface area (TPSA) is 137 Å². The minimum Gasteiger partial charge on any atom is -0.361 e. The Balaban J connectivity index is 1.63. The Morgan fingerprint density at radius 3 is 2.47 bits per heavy atom. The summed E-state index contributed by atoms with van der Waals surface area (Å²) in [4.78, 5) is 27.9. The maximum atomic E-state index is 13.2. The van der Waals surface area contributed by atoms with Crippen molar-refractivity contribution in [3.8, 4) is 11.3 Å². The largest absolute Gasteiger partial charge is 0.361 e. The molecule has 0 radical (unpaired) electrons. The highest BCUT2D eigenvalue weighted by atomic mass is 19.1. The molecule has 0 spiro atoms. The molecule has 30 heavy (non-hydrogen) atoms. The lowest BCUT2D eigenvalue weighted by Crippen LogP contribution is -2.42. The van der Waals surface area contributed by atoms with Crippen molar-refractivity contribution in [2.75, 3.05) is 0 Å². The molecule has 0 saturated carbocycles. The normalized spacial score (nSPS) is 11.6. The van der Waals surface area contributed by atoms with E-state index in [1.165, 1.54) is 12.1 Å². The number of fused-ring (bicyclic) bond motifs is 1. The number of nitrogens with one attached hydrogen (secondary N) is 1. The maximum absolute atomic E-state index is 13.2. The van der Waals surface area contributed by atoms with E-state index in [2.05, 4.69) is 20.6 Å². The van der Waals surface area contributed by atoms with E-state index >= 15 is 0 Å². The fourth-order valence-electron chi connectivity index (χ4n) is 2.88. The molecule has 2 aromatic heterocycles. The number of carbonyl (C=O) groups excluding carboxylic acids is 2. The smallest absolute Gasteiger partial charge is 0.315 e. The van der Waals surface area contributed by atoms with Gasteiger partial charge in [0.15, 0.2) is 11.6 Å². The molecule has 0 saturated heterocycles. The second-order valence-electron chi connectivity index (χ2n) is 7.12. The second-order valence-corrected chi connectivity index (χ2v) is 7.12. The lowest BCUT2D eigenvalue weighted by atomic mass is 10.0. The van der Waals surface area contributed by atoms with E-state index in [0.717, 1.165) is 0 Å². The van der Waals surface area contributed by atoms with Gasteiger partial charge in [-0.05, 0) is 56.3 Å². The molecule has 0 atom stereocenters. The number of hydrogen-bond acceptors (Lipinski definition) is 7. The maximum Gasteiger partial charge on any atom is 0.315 e. The average Bonchev–Trinajstić information content (AvgIpc) is 3.36. The molecule has 4 rings (SSSR count). The summed E-state index contributed by atoms with van der Waals surface area (Å²) < 4.78 is 23.4. The Morgan fingerprint density at radius 1 is 1.07 bits per heavy atom. The summed E-state index contributed by atoms with van der Waals surface area (Å²) in [7, 11) is 0. The van der Waals surface area contributed by atoms with E-state index in [-0.39, 0.29) is 17.5 Å². The lowest BCUT2D eigenvalue weighted by molar-refractivity contribution is 0.0905. The Bertz CT molecular complexity index is 1260. The number of nitrogens with two attached hydrogens (primary N) is 1. The zero-order chi connectivity index (χ0) is 21.5. The third-order valence-electron chi connectivity index (χ3n) is 4.47. The number of halogens is 1. The summed E-state index contributed by atoms with van der Waals surface area (Å²) in [6, 6.07) is 10.6. The number of benzene rings is 2. The van der Waals surface area contributed by atoms with Crippen LogP contribution in [-0.4, -0.2) is 27.1 Å². The zero-order valence-corrected chi connectivity index (χ0v) is 16.0. The number of hydrogen-bond donors (Lipinski definition) is 2. The molecule has 4 aromatic rings. The molecule has 10 heteroatoms. The minimum absolute atomic E-state index is 0.0997. The van der Waals surface area contributed by atoms with E-state index in [9.17, 15) is 14.0 Å². The van der Waals surface area contributed by atoms with Crippen molar-refractivity contribution in [1.29, 1.82) is 0 Å². The molecule has 0 unspecified atom stereocenters. The summed E-state index contributed by atoms with van der Waals surface area (Å²) in [5.74, 6) is -1.47. The van der Waals surface area contributed by atoms with Crippen molar-refractivity contribution in [2.24, 2.45) is 5.73 Å². The van der Waals surface area contributed by atoms with Gasteiger partial charge in [0.2, 0.25) is 0 Å². The molecular formula is C20H16FN5O4. The number of carbonyl (C=O) groups is 2. The van der Waals surface area contributed by atoms with E-state index in [1.54, 1.807) is 44.2 Å². The van der Waals surface area contributed by atoms with Gasteiger partial charge in [0, 0.05) is 11.1 Å². The first-order valence-corrected chi connectivity index (χ1v) is 8.86. The monoisotopic (exact) mass is 409 g/mol. The van der Waals surface area contributed by atoms with Gasteiger partial charge < -0.3 is 20.1 Å². The Kier molecular flexibility index (Phi) is 4.53. The van der Waals surface area contributed by atoms with Gasteiger partial charge in [-0.15, -0.1) is 0 Å². The number of rotatable bonds is 5. The molecule has 152 valence electrons. The first-order valence-electron chi connectivity index (χ1n) is 8.86. The van der Waals surface area contributed by atoms with Crippen molar-refractivity contribution in [1.82, 2.24) is 20.6 Å². The van der Waals surface area contributed by atoms with Crippen molar-refractivity contribution < 1.29 is 23.0 Å². The standard InChI is InChI=1S/C20H16FN5O4/c1-20(2,19-23-18(16(22)27)30-26-19)24-17(28)11-5-8-14-13(9-11)15(29-25-14)10-3-6-12(21)7-4-10/h3-9H,1-2H3,(H2,22,27)(H,24,28). The van der Waals surface area contributed by atoms with Crippen LogP contribution in [-0.2, 0) is 5.54 Å². The van der Waals surface area contributed by atoms with Gasteiger partial charge in [-0.25, -0.2) is 4.39 Å². The summed E-state index contributed by atoms with van der Waals surface area (Å²) >= 11 is 0. The van der Waals surface area contributed by atoms with Gasteiger partial charge in [-0.1, -0.05) is 10.3 Å². The van der Waals surface area contributed by atoms with Crippen LogP contribution in [0.4, 0.5) is 4.39 Å². The van der Waals surface area contributed by atoms with Gasteiger partial charge in [0.1, 0.15) is 11.3 Å². The minimum atomic E-state index is -1.04. The van der Waals surface area contributed by atoms with Crippen LogP contribution < -0.4 is 11.1 Å². The first kappa shape index (κ1) is 19.2. The fourth-order valence-corrected chi connectivity index (χ4v) is 2.88. The number of nitrogens with zero attached hydrogens (tertiary/aromatic N) is 3. The predicted molar refractivity (Wildman–Crippen MR) is 103 cm³/mol. The SMILES string of the molecule is CC(C)(NC(=O)c1ccc2noc(-c3ccc(F)cc3)c2c1)c1noc(C(N)=O)n1. The van der Waals surface area contributed by atoms with Crippen molar-refractivity contribution in [3.05, 3.63) is 65.6 Å². The average molecular weight is 409 g/mol. The van der Waals surface area contributed by atoms with Crippen LogP contribution in [0, 0.1) is 5.82 Å². The van der Waals surface area contributed by atoms with Crippen LogP contribution in [0.3, 0.4) is 0 Å². The Labute approximate surface area is 169 Å². The Hall–Kier alpha value is -4.08. The van der Waals surface area contributed by atoms with Crippen LogP contribution in [0.25, 0.3) is 22.2 Å². The summed E-state index contributed by atoms with van der Waals surface area (Å²) in [5, 5.41) is 11.1. The van der Waals surface area contributed by atoms with Crippen LogP contribution in [0.1, 0.15) is 40.7 Å². The highest BCUT2D eigenvalue weighted by Gasteiger charge is 2.30. The second kappa shape index (κ2) is 7.07. The van der Waals surface area contributed by atoms with Crippen LogP contribution >= 0.6 is 0 Å². The van der Waals surface area contributed by atoms with Crippen molar-refractivity contribution >= 4 is 22.7 Å². The number of aromatic nitrogens is 3. The van der Waals surface area contributed by atoms with Crippen LogP contribution in [0.15, 0.2) is 51.5 Å². The molecule has 0 aliphatic carbocycles. The fraction of sp³-hybridized carbons (Fsp3) is 0.150. The van der Waals surface area contributed by atoms with E-state index < -0.39 is 17.4 Å². The third kappa shape index (κ3) is 3.50. The van der Waals surface area contributed by atoms with E-state index in [0.29, 0.717) is 27.8 Å². The first-order chi connectivity index (χ1) is 14.2. The molecule has 2 aromatic carbocycles. The molecular weight excluding hydrogens is 393 g/mol. The molecule has 3 N–H and O–H groups in total.